The van der Waals surface area contributed by atoms with Crippen molar-refractivity contribution in [1.29, 1.82) is 0 Å². The first kappa shape index (κ1) is 16.0. The van der Waals surface area contributed by atoms with E-state index in [4.69, 9.17) is 9.84 Å². The molecule has 1 aromatic rings. The van der Waals surface area contributed by atoms with E-state index in [2.05, 4.69) is 37.2 Å². The number of carboxylic acid groups (broad SMARTS) is 1. The third-order valence-electron chi connectivity index (χ3n) is 2.19. The van der Waals surface area contributed by atoms with E-state index in [1.165, 1.54) is 0 Å². The quantitative estimate of drug-likeness (QED) is 0.727. The highest BCUT2D eigenvalue weighted by molar-refractivity contribution is 9.12. The Morgan fingerprint density at radius 1 is 1.32 bits per heavy atom. The summed E-state index contributed by atoms with van der Waals surface area (Å²) in [7, 11) is 0. The lowest BCUT2D eigenvalue weighted by Gasteiger charge is -2.15. The van der Waals surface area contributed by atoms with Crippen LogP contribution >= 0.6 is 31.9 Å². The van der Waals surface area contributed by atoms with Crippen molar-refractivity contribution in [3.63, 3.8) is 0 Å². The summed E-state index contributed by atoms with van der Waals surface area (Å²) in [6.07, 6.45) is 0. The van der Waals surface area contributed by atoms with Crippen LogP contribution in [0, 0.1) is 0 Å². The number of ether oxygens (including phenoxy) is 1. The molecule has 0 fully saturated rings. The lowest BCUT2D eigenvalue weighted by atomic mass is 10.2. The zero-order valence-corrected chi connectivity index (χ0v) is 13.3. The number of carbonyl (C=O) groups excluding carboxylic acids is 1. The largest absolute Gasteiger partial charge is 0.492 e. The highest BCUT2D eigenvalue weighted by Gasteiger charge is 2.29. The van der Waals surface area contributed by atoms with Crippen LogP contribution in [0.15, 0.2) is 24.3 Å². The monoisotopic (exact) mass is 393 g/mol. The second kappa shape index (κ2) is 7.49. The summed E-state index contributed by atoms with van der Waals surface area (Å²) in [5, 5.41) is 11.5. The normalized spacial score (nSPS) is 13.4. The first-order valence-electron chi connectivity index (χ1n) is 5.51. The van der Waals surface area contributed by atoms with Crippen LogP contribution in [0.3, 0.4) is 0 Å². The summed E-state index contributed by atoms with van der Waals surface area (Å²) in [6.45, 7) is 2.31. The third kappa shape index (κ3) is 4.50. The molecule has 0 spiro atoms. The van der Waals surface area contributed by atoms with Gasteiger partial charge in [0.2, 0.25) is 5.91 Å². The van der Waals surface area contributed by atoms with Gasteiger partial charge in [-0.25, -0.2) is 0 Å². The van der Waals surface area contributed by atoms with Crippen LogP contribution in [0.4, 0.5) is 5.69 Å². The minimum atomic E-state index is -1.12. The molecule has 1 aromatic carbocycles. The van der Waals surface area contributed by atoms with Gasteiger partial charge in [-0.05, 0) is 19.1 Å². The van der Waals surface area contributed by atoms with Crippen molar-refractivity contribution in [2.75, 3.05) is 11.9 Å². The molecule has 2 atom stereocenters. The van der Waals surface area contributed by atoms with Gasteiger partial charge in [0.25, 0.3) is 0 Å². The summed E-state index contributed by atoms with van der Waals surface area (Å²) in [5.74, 6) is -1.04. The lowest BCUT2D eigenvalue weighted by molar-refractivity contribution is -0.137. The van der Waals surface area contributed by atoms with Crippen LogP contribution in [0.25, 0.3) is 0 Å². The molecule has 0 aromatic heterocycles. The summed E-state index contributed by atoms with van der Waals surface area (Å²) < 4.78 is 5.37. The number of aliphatic carboxylic acids is 1. The molecule has 1 rings (SSSR count). The molecule has 0 aliphatic rings. The average molecular weight is 395 g/mol. The fourth-order valence-electron chi connectivity index (χ4n) is 1.31. The van der Waals surface area contributed by atoms with Gasteiger partial charge in [-0.1, -0.05) is 44.0 Å². The summed E-state index contributed by atoms with van der Waals surface area (Å²) >= 11 is 5.98. The predicted octanol–water partition coefficient (Wildman–Crippen LogP) is 2.64. The second-order valence-corrected chi connectivity index (χ2v) is 5.53. The average Bonchev–Trinajstić information content (AvgIpc) is 2.39. The molecule has 19 heavy (non-hydrogen) atoms. The fourth-order valence-corrected chi connectivity index (χ4v) is 1.89. The number of para-hydroxylation sites is 2. The minimum Gasteiger partial charge on any atom is -0.492 e. The Bertz CT molecular complexity index is 467. The Balaban J connectivity index is 2.79. The van der Waals surface area contributed by atoms with Gasteiger partial charge in [-0.15, -0.1) is 0 Å². The van der Waals surface area contributed by atoms with E-state index in [-0.39, 0.29) is 0 Å². The van der Waals surface area contributed by atoms with Gasteiger partial charge < -0.3 is 15.2 Å². The van der Waals surface area contributed by atoms with Gasteiger partial charge in [-0.3, -0.25) is 9.59 Å². The van der Waals surface area contributed by atoms with Gasteiger partial charge in [0.05, 0.1) is 12.3 Å². The zero-order chi connectivity index (χ0) is 14.4. The predicted molar refractivity (Wildman–Crippen MR) is 79.3 cm³/mol. The van der Waals surface area contributed by atoms with Gasteiger partial charge in [-0.2, -0.15) is 0 Å². The van der Waals surface area contributed by atoms with Crippen molar-refractivity contribution in [3.05, 3.63) is 24.3 Å². The number of amides is 1. The molecule has 0 bridgehead atoms. The number of halogens is 2. The lowest BCUT2D eigenvalue weighted by Crippen LogP contribution is -2.34. The highest BCUT2D eigenvalue weighted by atomic mass is 79.9. The van der Waals surface area contributed by atoms with Crippen molar-refractivity contribution in [2.24, 2.45) is 0 Å². The standard InChI is InChI=1S/C12H13Br2NO4/c1-2-19-8-6-4-3-5-7(8)15-11(16)9(13)10(14)12(17)18/h3-6,9-10H,2H2,1H3,(H,15,16)(H,17,18). The van der Waals surface area contributed by atoms with E-state index in [1.807, 2.05) is 6.92 Å². The molecule has 0 aliphatic carbocycles. The number of nitrogens with one attached hydrogen (secondary N) is 1. The molecule has 0 saturated carbocycles. The number of carboxylic acids is 1. The van der Waals surface area contributed by atoms with E-state index in [0.29, 0.717) is 18.0 Å². The number of benzene rings is 1. The van der Waals surface area contributed by atoms with Gasteiger partial charge in [0, 0.05) is 0 Å². The molecule has 5 nitrogen and oxygen atoms in total. The number of alkyl halides is 2. The molecular formula is C12H13Br2NO4. The van der Waals surface area contributed by atoms with Crippen molar-refractivity contribution >= 4 is 49.4 Å². The number of hydrogen-bond donors (Lipinski definition) is 2. The smallest absolute Gasteiger partial charge is 0.318 e. The number of anilines is 1. The van der Waals surface area contributed by atoms with Crippen LogP contribution in [0.2, 0.25) is 0 Å². The SMILES string of the molecule is CCOc1ccccc1NC(=O)C(Br)C(Br)C(=O)O. The molecule has 0 saturated heterocycles. The van der Waals surface area contributed by atoms with E-state index in [9.17, 15) is 9.59 Å². The first-order chi connectivity index (χ1) is 8.97. The maximum Gasteiger partial charge on any atom is 0.318 e. The number of rotatable bonds is 6. The fraction of sp³-hybridized carbons (Fsp3) is 0.333. The summed E-state index contributed by atoms with van der Waals surface area (Å²) in [6, 6.07) is 6.96. The van der Waals surface area contributed by atoms with Crippen LogP contribution in [-0.2, 0) is 9.59 Å². The van der Waals surface area contributed by atoms with Crippen molar-refractivity contribution < 1.29 is 19.4 Å². The van der Waals surface area contributed by atoms with Crippen LogP contribution in [0.1, 0.15) is 6.92 Å². The van der Waals surface area contributed by atoms with Gasteiger partial charge in [0.1, 0.15) is 15.4 Å². The second-order valence-electron chi connectivity index (χ2n) is 3.56. The Kier molecular flexibility index (Phi) is 6.30. The van der Waals surface area contributed by atoms with Crippen molar-refractivity contribution in [2.45, 2.75) is 16.6 Å². The molecule has 104 valence electrons. The molecule has 2 unspecified atom stereocenters. The highest BCUT2D eigenvalue weighted by Crippen LogP contribution is 2.25. The Labute approximate surface area is 127 Å². The molecule has 2 N–H and O–H groups in total. The number of hydrogen-bond acceptors (Lipinski definition) is 3. The van der Waals surface area contributed by atoms with Crippen molar-refractivity contribution in [3.8, 4) is 5.75 Å². The number of carbonyl (C=O) groups is 2. The molecule has 0 heterocycles. The minimum absolute atomic E-state index is 0.462. The summed E-state index contributed by atoms with van der Waals surface area (Å²) in [5.41, 5.74) is 0.504. The van der Waals surface area contributed by atoms with Crippen molar-refractivity contribution in [1.82, 2.24) is 0 Å². The van der Waals surface area contributed by atoms with E-state index >= 15 is 0 Å². The molecule has 0 aliphatic heterocycles. The summed E-state index contributed by atoms with van der Waals surface area (Å²) in [4.78, 5) is 20.8. The van der Waals surface area contributed by atoms with Crippen LogP contribution in [-0.4, -0.2) is 33.2 Å². The molecule has 1 amide bonds. The van der Waals surface area contributed by atoms with Crippen LogP contribution in [0.5, 0.6) is 5.75 Å². The molecule has 0 radical (unpaired) electrons. The third-order valence-corrected chi connectivity index (χ3v) is 4.76. The van der Waals surface area contributed by atoms with Gasteiger partial charge >= 0.3 is 5.97 Å². The Morgan fingerprint density at radius 3 is 2.53 bits per heavy atom. The molecule has 7 heteroatoms. The maximum atomic E-state index is 11.9. The van der Waals surface area contributed by atoms with E-state index < -0.39 is 21.5 Å². The first-order valence-corrected chi connectivity index (χ1v) is 7.34. The van der Waals surface area contributed by atoms with Gasteiger partial charge in [0.15, 0.2) is 0 Å². The Hall–Kier alpha value is -1.08. The van der Waals surface area contributed by atoms with E-state index in [1.54, 1.807) is 24.3 Å². The zero-order valence-electron chi connectivity index (χ0n) is 10.1. The van der Waals surface area contributed by atoms with E-state index in [0.717, 1.165) is 0 Å². The molecular weight excluding hydrogens is 382 g/mol. The Morgan fingerprint density at radius 2 is 1.95 bits per heavy atom. The van der Waals surface area contributed by atoms with Crippen LogP contribution < -0.4 is 10.1 Å². The topological polar surface area (TPSA) is 75.6 Å². The maximum absolute atomic E-state index is 11.9.